The van der Waals surface area contributed by atoms with E-state index in [2.05, 4.69) is 11.3 Å². The number of rotatable bonds is 4. The van der Waals surface area contributed by atoms with E-state index >= 15 is 0 Å². The first-order valence-electron chi connectivity index (χ1n) is 7.05. The third-order valence-electron chi connectivity index (χ3n) is 2.14. The van der Waals surface area contributed by atoms with Crippen molar-refractivity contribution < 1.29 is 57.8 Å². The molecule has 3 nitrogen and oxygen atoms in total. The van der Waals surface area contributed by atoms with Gasteiger partial charge in [0.25, 0.3) is 0 Å². The lowest BCUT2D eigenvalue weighted by molar-refractivity contribution is -0.352. The molecule has 0 aliphatic carbocycles. The molecule has 0 aliphatic rings. The highest BCUT2D eigenvalue weighted by molar-refractivity contribution is 5.86. The highest BCUT2D eigenvalue weighted by Crippen LogP contribution is 2.22. The predicted molar refractivity (Wildman–Crippen MR) is 80.6 cm³/mol. The van der Waals surface area contributed by atoms with Crippen LogP contribution >= 0.6 is 0 Å². The highest BCUT2D eigenvalue weighted by Gasteiger charge is 2.37. The number of carbonyl (C=O) groups is 1. The molecule has 1 rings (SSSR count). The van der Waals surface area contributed by atoms with Crippen molar-refractivity contribution in [2.45, 2.75) is 18.7 Å². The summed E-state index contributed by atoms with van der Waals surface area (Å²) >= 11 is 0. The van der Waals surface area contributed by atoms with Gasteiger partial charge < -0.3 is 0 Å². The number of carbonyl (C=O) groups excluding carboxylic acids is 1. The van der Waals surface area contributed by atoms with E-state index in [1.54, 1.807) is 30.3 Å². The lowest BCUT2D eigenvalue weighted by Gasteiger charge is -2.15. The van der Waals surface area contributed by atoms with Gasteiger partial charge in [0, 0.05) is 12.2 Å². The van der Waals surface area contributed by atoms with Crippen molar-refractivity contribution >= 4 is 11.8 Å². The number of amides is 1. The molecule has 0 radical (unpaired) electrons. The molecule has 0 spiro atoms. The molecule has 29 heavy (non-hydrogen) atoms. The first kappa shape index (κ1) is 28.8. The summed E-state index contributed by atoms with van der Waals surface area (Å²) in [4.78, 5) is 11.6. The number of anilines is 1. The van der Waals surface area contributed by atoms with Crippen LogP contribution in [-0.4, -0.2) is 44.7 Å². The highest BCUT2D eigenvalue weighted by atomic mass is 19.4. The smallest absolute Gasteiger partial charge is 0.282 e. The van der Waals surface area contributed by atoms with Crippen LogP contribution < -0.4 is 4.90 Å². The Bertz CT molecular complexity index is 569. The summed E-state index contributed by atoms with van der Waals surface area (Å²) in [6.07, 6.45) is -14.8. The number of benzene rings is 1. The van der Waals surface area contributed by atoms with Gasteiger partial charge >= 0.3 is 24.9 Å². The number of ether oxygens (including phenoxy) is 1. The molecule has 0 saturated carbocycles. The fourth-order valence-electron chi connectivity index (χ4n) is 1.18. The van der Waals surface area contributed by atoms with Gasteiger partial charge in [0.2, 0.25) is 0 Å². The van der Waals surface area contributed by atoms with Gasteiger partial charge in [-0.3, -0.25) is 9.64 Å². The maximum atomic E-state index is 12.5. The predicted octanol–water partition coefficient (Wildman–Crippen LogP) is 6.37. The molecule has 0 unspecified atom stereocenters. The second-order valence-electron chi connectivity index (χ2n) is 4.59. The Labute approximate surface area is 157 Å². The number of alkyl halides is 10. The monoisotopic (exact) mass is 449 g/mol. The summed E-state index contributed by atoms with van der Waals surface area (Å²) in [5.41, 5.74) is 0.537. The van der Waals surface area contributed by atoms with Crippen molar-refractivity contribution in [3.63, 3.8) is 0 Å². The Hall–Kier alpha value is -2.38. The molecule has 168 valence electrons. The number of halogens is 11. The Balaban J connectivity index is 0. The van der Waals surface area contributed by atoms with Crippen molar-refractivity contribution in [2.75, 3.05) is 24.7 Å². The summed E-state index contributed by atoms with van der Waals surface area (Å²) in [6, 6.07) is 8.63. The lowest BCUT2D eigenvalue weighted by atomic mass is 10.3. The summed E-state index contributed by atoms with van der Waals surface area (Å²) in [7, 11) is 0. The largest absolute Gasteiger partial charge is 0.522 e. The molecule has 14 heteroatoms. The minimum absolute atomic E-state index is 0.180. The van der Waals surface area contributed by atoms with Crippen LogP contribution in [-0.2, 0) is 4.74 Å². The third-order valence-corrected chi connectivity index (χ3v) is 2.14. The van der Waals surface area contributed by atoms with Gasteiger partial charge in [0.15, 0.2) is 13.3 Å². The van der Waals surface area contributed by atoms with Crippen molar-refractivity contribution in [3.8, 4) is 0 Å². The van der Waals surface area contributed by atoms with Crippen LogP contribution in [0.2, 0.25) is 0 Å². The summed E-state index contributed by atoms with van der Waals surface area (Å²) < 4.78 is 122. The zero-order valence-electron chi connectivity index (χ0n) is 14.2. The van der Waals surface area contributed by atoms with Crippen LogP contribution in [0.4, 0.5) is 58.8 Å². The minimum Gasteiger partial charge on any atom is -0.282 e. The average Bonchev–Trinajstić information content (AvgIpc) is 2.58. The molecule has 1 amide bonds. The second-order valence-corrected chi connectivity index (χ2v) is 4.59. The summed E-state index contributed by atoms with van der Waals surface area (Å²) in [5, 5.41) is 0. The first-order valence-corrected chi connectivity index (χ1v) is 7.05. The minimum atomic E-state index is -5.21. The summed E-state index contributed by atoms with van der Waals surface area (Å²) in [6.45, 7) is -0.897. The van der Waals surface area contributed by atoms with Crippen LogP contribution in [0.5, 0.6) is 0 Å². The molecule has 0 atom stereocenters. The van der Waals surface area contributed by atoms with Gasteiger partial charge in [0.05, 0.1) is 0 Å². The molecule has 1 aromatic rings. The van der Waals surface area contributed by atoms with E-state index in [4.69, 9.17) is 0 Å². The molecule has 0 fully saturated rings. The number of para-hydroxylation sites is 1. The van der Waals surface area contributed by atoms with Crippen LogP contribution in [0.3, 0.4) is 0 Å². The Morgan fingerprint density at radius 2 is 1.41 bits per heavy atom. The maximum absolute atomic E-state index is 12.5. The van der Waals surface area contributed by atoms with Crippen LogP contribution in [0.25, 0.3) is 0 Å². The van der Waals surface area contributed by atoms with Crippen molar-refractivity contribution in [2.24, 2.45) is 0 Å². The molecule has 1 aromatic carbocycles. The van der Waals surface area contributed by atoms with Gasteiger partial charge in [-0.15, -0.1) is 24.1 Å². The van der Waals surface area contributed by atoms with E-state index in [0.29, 0.717) is 5.69 Å². The Kier molecular flexibility index (Phi) is 12.9. The zero-order valence-corrected chi connectivity index (χ0v) is 14.2. The van der Waals surface area contributed by atoms with Crippen LogP contribution in [0, 0.1) is 0 Å². The van der Waals surface area contributed by atoms with Gasteiger partial charge in [-0.2, -0.15) is 26.3 Å². The molecule has 0 aliphatic heterocycles. The Morgan fingerprint density at radius 3 is 1.66 bits per heavy atom. The lowest BCUT2D eigenvalue weighted by Crippen LogP contribution is -2.26. The third kappa shape index (κ3) is 20.2. The average molecular weight is 449 g/mol. The van der Waals surface area contributed by atoms with Crippen molar-refractivity contribution in [1.29, 1.82) is 0 Å². The first-order chi connectivity index (χ1) is 13.0. The number of hydrogen-bond donors (Lipinski definition) is 0. The van der Waals surface area contributed by atoms with E-state index in [1.165, 1.54) is 6.08 Å². The summed E-state index contributed by atoms with van der Waals surface area (Å²) in [5.74, 6) is 0. The van der Waals surface area contributed by atoms with E-state index in [1.807, 2.05) is 0 Å². The zero-order chi connectivity index (χ0) is 23.3. The van der Waals surface area contributed by atoms with Crippen LogP contribution in [0.15, 0.2) is 43.0 Å². The molecule has 0 heterocycles. The van der Waals surface area contributed by atoms with Crippen LogP contribution in [0.1, 0.15) is 0 Å². The molecule has 0 N–H and O–H groups in total. The SMILES string of the molecule is C=CCN(C(=O)F)c1ccccc1.FC(F)(F)COC(F)(F)F.FCC(F)(F)F. The van der Waals surface area contributed by atoms with Gasteiger partial charge in [0.1, 0.15) is 0 Å². The molecule has 0 aromatic heterocycles. The van der Waals surface area contributed by atoms with Gasteiger partial charge in [-0.1, -0.05) is 24.3 Å². The fraction of sp³-hybridized carbons (Fsp3) is 0.400. The topological polar surface area (TPSA) is 29.5 Å². The molecular weight excluding hydrogens is 435 g/mol. The quantitative estimate of drug-likeness (QED) is 0.231. The second kappa shape index (κ2) is 13.0. The van der Waals surface area contributed by atoms with E-state index in [9.17, 15) is 53.1 Å². The van der Waals surface area contributed by atoms with E-state index < -0.39 is 38.2 Å². The van der Waals surface area contributed by atoms with Gasteiger partial charge in [-0.25, -0.2) is 9.18 Å². The van der Waals surface area contributed by atoms with Crippen molar-refractivity contribution in [3.05, 3.63) is 43.0 Å². The molecule has 0 saturated heterocycles. The Morgan fingerprint density at radius 1 is 0.966 bits per heavy atom. The normalized spacial score (nSPS) is 11.4. The van der Waals surface area contributed by atoms with E-state index in [-0.39, 0.29) is 6.54 Å². The number of hydrogen-bond acceptors (Lipinski definition) is 2. The molecular formula is C15H14F11NO2. The van der Waals surface area contributed by atoms with E-state index in [0.717, 1.165) is 4.90 Å². The fourth-order valence-corrected chi connectivity index (χ4v) is 1.18. The number of nitrogens with zero attached hydrogens (tertiary/aromatic N) is 1. The van der Waals surface area contributed by atoms with Gasteiger partial charge in [-0.05, 0) is 12.1 Å². The molecule has 0 bridgehead atoms. The van der Waals surface area contributed by atoms with Crippen molar-refractivity contribution in [1.82, 2.24) is 0 Å². The standard InChI is InChI=1S/C10H10FNO.C3H2F6O.C2H2F4/c1-2-8-12(10(11)13)9-6-4-3-5-7-9;4-2(5,6)1-10-3(7,8)9;3-1-2(4,5)6/h2-7H,1,8H2;1H2;1H2. The maximum Gasteiger partial charge on any atom is 0.522 e.